The summed E-state index contributed by atoms with van der Waals surface area (Å²) in [6.45, 7) is 0.478. The Bertz CT molecular complexity index is 484. The summed E-state index contributed by atoms with van der Waals surface area (Å²) in [5.41, 5.74) is 1.27. The molecule has 0 saturated carbocycles. The second-order valence-corrected chi connectivity index (χ2v) is 4.58. The summed E-state index contributed by atoms with van der Waals surface area (Å²) in [6.07, 6.45) is 0. The minimum absolute atomic E-state index is 0.679. The van der Waals surface area contributed by atoms with Crippen LogP contribution in [0.4, 0.5) is 8.78 Å². The third-order valence-corrected chi connectivity index (χ3v) is 3.39. The lowest BCUT2D eigenvalue weighted by molar-refractivity contribution is 0.279. The van der Waals surface area contributed by atoms with Gasteiger partial charge in [-0.15, -0.1) is 0 Å². The van der Waals surface area contributed by atoms with Crippen molar-refractivity contribution in [2.24, 2.45) is 0 Å². The number of aryl methyl sites for hydroxylation is 1. The number of rotatable bonds is 4. The van der Waals surface area contributed by atoms with Gasteiger partial charge in [-0.2, -0.15) is 0 Å². The van der Waals surface area contributed by atoms with E-state index < -0.39 is 18.8 Å². The number of hydrogen-bond acceptors (Lipinski definition) is 0. The molecule has 2 rings (SSSR count). The summed E-state index contributed by atoms with van der Waals surface area (Å²) in [5.74, 6) is 0. The zero-order valence-corrected chi connectivity index (χ0v) is 10.4. The largest absolute Gasteiger partial charge is 0.250 e. The first-order chi connectivity index (χ1) is 8.73. The summed E-state index contributed by atoms with van der Waals surface area (Å²) >= 11 is 0. The minimum atomic E-state index is -1.17. The first kappa shape index (κ1) is 12.7. The van der Waals surface area contributed by atoms with E-state index in [9.17, 15) is 8.78 Å². The molecular weight excluding hydrogens is 230 g/mol. The van der Waals surface area contributed by atoms with E-state index in [1.807, 2.05) is 49.4 Å². The van der Waals surface area contributed by atoms with Crippen LogP contribution in [0, 0.1) is 6.92 Å². The number of benzene rings is 2. The number of halogens is 2. The number of hydrogen-bond donors (Lipinski definition) is 0. The Kier molecular flexibility index (Phi) is 3.75. The van der Waals surface area contributed by atoms with Crippen molar-refractivity contribution in [1.82, 2.24) is 0 Å². The van der Waals surface area contributed by atoms with Gasteiger partial charge in [0.25, 0.3) is 0 Å². The normalized spacial score (nSPS) is 11.5. The van der Waals surface area contributed by atoms with E-state index in [0.717, 1.165) is 5.56 Å². The van der Waals surface area contributed by atoms with Crippen LogP contribution in [-0.2, 0) is 5.41 Å². The van der Waals surface area contributed by atoms with Crippen LogP contribution in [0.25, 0.3) is 0 Å². The van der Waals surface area contributed by atoms with Crippen molar-refractivity contribution in [3.63, 3.8) is 0 Å². The van der Waals surface area contributed by atoms with Crippen molar-refractivity contribution >= 4 is 0 Å². The average molecular weight is 246 g/mol. The van der Waals surface area contributed by atoms with E-state index in [2.05, 4.69) is 0 Å². The summed E-state index contributed by atoms with van der Waals surface area (Å²) in [7, 11) is 0. The van der Waals surface area contributed by atoms with Gasteiger partial charge in [-0.1, -0.05) is 60.2 Å². The lowest BCUT2D eigenvalue weighted by Gasteiger charge is -2.29. The molecule has 0 aromatic heterocycles. The molecule has 2 heteroatoms. The molecule has 0 N–H and O–H groups in total. The lowest BCUT2D eigenvalue weighted by atomic mass is 9.76. The zero-order valence-electron chi connectivity index (χ0n) is 10.4. The summed E-state index contributed by atoms with van der Waals surface area (Å²) < 4.78 is 27.1. The first-order valence-electron chi connectivity index (χ1n) is 5.97. The van der Waals surface area contributed by atoms with Crippen LogP contribution in [0.3, 0.4) is 0 Å². The maximum atomic E-state index is 13.5. The molecule has 2 aromatic carbocycles. The molecule has 0 saturated heterocycles. The molecule has 0 spiro atoms. The van der Waals surface area contributed by atoms with Gasteiger partial charge in [-0.25, -0.2) is 8.78 Å². The van der Waals surface area contributed by atoms with Gasteiger partial charge in [0.05, 0.1) is 5.41 Å². The van der Waals surface area contributed by atoms with E-state index in [1.165, 1.54) is 0 Å². The van der Waals surface area contributed by atoms with Crippen LogP contribution in [0.15, 0.2) is 54.6 Å². The Balaban J connectivity index is 2.54. The monoisotopic (exact) mass is 246 g/mol. The maximum absolute atomic E-state index is 13.5. The molecule has 0 atom stereocenters. The van der Waals surface area contributed by atoms with Crippen molar-refractivity contribution in [2.75, 3.05) is 13.3 Å². The lowest BCUT2D eigenvalue weighted by Crippen LogP contribution is -2.32. The standard InChI is InChI=1S/C16H16F2/c1-13-7-9-15(10-8-13)16(11-17,12-18)14-5-3-2-4-6-14/h2-10H,11-12H2,1H3. The highest BCUT2D eigenvalue weighted by molar-refractivity contribution is 5.40. The molecule has 0 bridgehead atoms. The second-order valence-electron chi connectivity index (χ2n) is 4.58. The fourth-order valence-corrected chi connectivity index (χ4v) is 2.14. The van der Waals surface area contributed by atoms with Crippen LogP contribution < -0.4 is 0 Å². The van der Waals surface area contributed by atoms with Crippen molar-refractivity contribution in [3.05, 3.63) is 71.3 Å². The summed E-state index contributed by atoms with van der Waals surface area (Å²) in [5, 5.41) is 0. The Morgan fingerprint density at radius 2 is 1.28 bits per heavy atom. The van der Waals surface area contributed by atoms with E-state index >= 15 is 0 Å². The van der Waals surface area contributed by atoms with Crippen LogP contribution in [0.2, 0.25) is 0 Å². The molecule has 0 amide bonds. The molecule has 0 fully saturated rings. The van der Waals surface area contributed by atoms with Crippen LogP contribution in [0.5, 0.6) is 0 Å². The molecule has 0 unspecified atom stereocenters. The third-order valence-electron chi connectivity index (χ3n) is 3.39. The zero-order chi connectivity index (χ0) is 13.0. The smallest absolute Gasteiger partial charge is 0.106 e. The molecular formula is C16H16F2. The molecule has 0 aliphatic carbocycles. The van der Waals surface area contributed by atoms with Crippen molar-refractivity contribution in [1.29, 1.82) is 0 Å². The van der Waals surface area contributed by atoms with Crippen molar-refractivity contribution in [2.45, 2.75) is 12.3 Å². The van der Waals surface area contributed by atoms with Gasteiger partial charge < -0.3 is 0 Å². The van der Waals surface area contributed by atoms with Gasteiger partial charge in [-0.3, -0.25) is 0 Å². The molecule has 0 radical (unpaired) electrons. The SMILES string of the molecule is Cc1ccc(C(CF)(CF)c2ccccc2)cc1. The van der Waals surface area contributed by atoms with E-state index in [-0.39, 0.29) is 0 Å². The second kappa shape index (κ2) is 5.30. The Hall–Kier alpha value is -1.70. The van der Waals surface area contributed by atoms with Crippen LogP contribution in [0.1, 0.15) is 16.7 Å². The van der Waals surface area contributed by atoms with E-state index in [0.29, 0.717) is 11.1 Å². The average Bonchev–Trinajstić information content (AvgIpc) is 2.44. The highest BCUT2D eigenvalue weighted by Crippen LogP contribution is 2.33. The van der Waals surface area contributed by atoms with Gasteiger partial charge >= 0.3 is 0 Å². The molecule has 94 valence electrons. The maximum Gasteiger partial charge on any atom is 0.106 e. The fourth-order valence-electron chi connectivity index (χ4n) is 2.14. The molecule has 0 aliphatic rings. The minimum Gasteiger partial charge on any atom is -0.250 e. The molecule has 2 aromatic rings. The van der Waals surface area contributed by atoms with Crippen molar-refractivity contribution in [3.8, 4) is 0 Å². The highest BCUT2D eigenvalue weighted by atomic mass is 19.1. The predicted molar refractivity (Wildman–Crippen MR) is 70.4 cm³/mol. The molecule has 18 heavy (non-hydrogen) atoms. The first-order valence-corrected chi connectivity index (χ1v) is 5.97. The molecule has 0 heterocycles. The molecule has 0 nitrogen and oxygen atoms in total. The van der Waals surface area contributed by atoms with Gasteiger partial charge in [0, 0.05) is 0 Å². The van der Waals surface area contributed by atoms with E-state index in [1.54, 1.807) is 12.1 Å². The van der Waals surface area contributed by atoms with E-state index in [4.69, 9.17) is 0 Å². The quantitative estimate of drug-likeness (QED) is 0.757. The topological polar surface area (TPSA) is 0 Å². The van der Waals surface area contributed by atoms with Gasteiger partial charge in [0.2, 0.25) is 0 Å². The van der Waals surface area contributed by atoms with Crippen LogP contribution >= 0.6 is 0 Å². The van der Waals surface area contributed by atoms with Crippen molar-refractivity contribution < 1.29 is 8.78 Å². The molecule has 0 aliphatic heterocycles. The fraction of sp³-hybridized carbons (Fsp3) is 0.250. The summed E-state index contributed by atoms with van der Waals surface area (Å²) in [6, 6.07) is 16.4. The Morgan fingerprint density at radius 1 is 0.778 bits per heavy atom. The van der Waals surface area contributed by atoms with Gasteiger partial charge in [0.15, 0.2) is 0 Å². The highest BCUT2D eigenvalue weighted by Gasteiger charge is 2.34. The van der Waals surface area contributed by atoms with Gasteiger partial charge in [-0.05, 0) is 18.1 Å². The predicted octanol–water partition coefficient (Wildman–Crippen LogP) is 4.22. The van der Waals surface area contributed by atoms with Gasteiger partial charge in [0.1, 0.15) is 13.3 Å². The number of alkyl halides is 2. The Labute approximate surface area is 106 Å². The summed E-state index contributed by atoms with van der Waals surface area (Å²) in [4.78, 5) is 0. The van der Waals surface area contributed by atoms with Crippen LogP contribution in [-0.4, -0.2) is 13.3 Å². The third kappa shape index (κ3) is 2.15. The Morgan fingerprint density at radius 3 is 1.78 bits per heavy atom.